The predicted molar refractivity (Wildman–Crippen MR) is 58.9 cm³/mol. The van der Waals surface area contributed by atoms with Gasteiger partial charge < -0.3 is 5.32 Å². The molecule has 0 unspecified atom stereocenters. The fourth-order valence-corrected chi connectivity index (χ4v) is 1.45. The van der Waals surface area contributed by atoms with Crippen LogP contribution < -0.4 is 5.32 Å². The Labute approximate surface area is 123 Å². The number of benzene rings is 1. The number of nitrogens with one attached hydrogen (secondary N) is 1. The molecule has 0 bridgehead atoms. The van der Waals surface area contributed by atoms with Gasteiger partial charge in [0.15, 0.2) is 0 Å². The first-order valence-corrected chi connectivity index (χ1v) is 5.67. The van der Waals surface area contributed by atoms with E-state index in [1.54, 1.807) is 0 Å². The lowest BCUT2D eigenvalue weighted by Crippen LogP contribution is -2.34. The summed E-state index contributed by atoms with van der Waals surface area (Å²) in [6.07, 6.45) is -14.8. The Bertz CT molecular complexity index is 539. The van der Waals surface area contributed by atoms with Crippen LogP contribution >= 0.6 is 0 Å². The number of carbonyl (C=O) groups is 1. The van der Waals surface area contributed by atoms with Crippen LogP contribution in [0.15, 0.2) is 18.2 Å². The second-order valence-electron chi connectivity index (χ2n) is 4.32. The van der Waals surface area contributed by atoms with Gasteiger partial charge >= 0.3 is 18.5 Å². The van der Waals surface area contributed by atoms with Gasteiger partial charge in [-0.15, -0.1) is 0 Å². The van der Waals surface area contributed by atoms with Gasteiger partial charge in [0.2, 0.25) is 5.91 Å². The summed E-state index contributed by atoms with van der Waals surface area (Å²) in [6, 6.07) is 0.287. The maximum Gasteiger partial charge on any atom is 0.416 e. The smallest absolute Gasteiger partial charge is 0.346 e. The van der Waals surface area contributed by atoms with E-state index >= 15 is 0 Å². The first kappa shape index (κ1) is 19.1. The topological polar surface area (TPSA) is 29.1 Å². The van der Waals surface area contributed by atoms with Gasteiger partial charge in [0.25, 0.3) is 0 Å². The summed E-state index contributed by atoms with van der Waals surface area (Å²) in [6.45, 7) is -1.77. The minimum Gasteiger partial charge on any atom is -0.346 e. The molecule has 0 atom stereocenters. The molecule has 2 nitrogen and oxygen atoms in total. The maximum atomic E-state index is 12.5. The summed E-state index contributed by atoms with van der Waals surface area (Å²) in [7, 11) is 0. The van der Waals surface area contributed by atoms with Crippen LogP contribution in [0, 0.1) is 6.42 Å². The summed E-state index contributed by atoms with van der Waals surface area (Å²) < 4.78 is 111. The third kappa shape index (κ3) is 6.37. The first-order valence-electron chi connectivity index (χ1n) is 5.67. The highest BCUT2D eigenvalue weighted by Crippen LogP contribution is 2.36. The molecule has 1 radical (unpaired) electrons. The Balaban J connectivity index is 3.04. The van der Waals surface area contributed by atoms with Crippen LogP contribution in [-0.4, -0.2) is 18.6 Å². The number of halogens is 9. The van der Waals surface area contributed by atoms with Gasteiger partial charge in [-0.1, -0.05) is 0 Å². The minimum absolute atomic E-state index is 0.162. The molecule has 0 saturated carbocycles. The van der Waals surface area contributed by atoms with Crippen molar-refractivity contribution in [1.82, 2.24) is 5.32 Å². The van der Waals surface area contributed by atoms with Gasteiger partial charge in [-0.3, -0.25) is 4.79 Å². The predicted octanol–water partition coefficient (Wildman–Crippen LogP) is 3.96. The van der Waals surface area contributed by atoms with E-state index < -0.39 is 47.7 Å². The molecular formula is C12H7F9NO. The average molecular weight is 352 g/mol. The molecule has 0 aliphatic heterocycles. The molecule has 11 heteroatoms. The molecule has 0 heterocycles. The quantitative estimate of drug-likeness (QED) is 0.820. The summed E-state index contributed by atoms with van der Waals surface area (Å²) in [5.74, 6) is -1.48. The number of carbonyl (C=O) groups excluding carboxylic acids is 1. The van der Waals surface area contributed by atoms with E-state index in [1.807, 2.05) is 0 Å². The number of alkyl halides is 9. The molecule has 1 aromatic rings. The van der Waals surface area contributed by atoms with Crippen molar-refractivity contribution in [2.24, 2.45) is 0 Å². The van der Waals surface area contributed by atoms with Crippen molar-refractivity contribution in [3.8, 4) is 0 Å². The van der Waals surface area contributed by atoms with Crippen LogP contribution in [0.4, 0.5) is 39.5 Å². The molecule has 1 rings (SSSR count). The molecule has 0 aliphatic carbocycles. The highest BCUT2D eigenvalue weighted by Gasteiger charge is 2.37. The Morgan fingerprint density at radius 3 is 1.65 bits per heavy atom. The molecule has 0 fully saturated rings. The van der Waals surface area contributed by atoms with Crippen molar-refractivity contribution < 1.29 is 44.3 Å². The fraction of sp³-hybridized carbons (Fsp3) is 0.333. The van der Waals surface area contributed by atoms with E-state index in [0.717, 1.165) is 0 Å². The minimum atomic E-state index is -5.12. The molecule has 0 spiro atoms. The van der Waals surface area contributed by atoms with Crippen LogP contribution in [0.3, 0.4) is 0 Å². The second-order valence-corrected chi connectivity index (χ2v) is 4.32. The van der Waals surface area contributed by atoms with Gasteiger partial charge in [-0.05, 0) is 23.8 Å². The van der Waals surface area contributed by atoms with Crippen LogP contribution in [0.5, 0.6) is 0 Å². The van der Waals surface area contributed by atoms with E-state index in [2.05, 4.69) is 0 Å². The second kappa shape index (κ2) is 6.28. The number of hydrogen-bond acceptors (Lipinski definition) is 1. The molecule has 1 amide bonds. The first-order chi connectivity index (χ1) is 10.2. The molecule has 1 aromatic carbocycles. The average Bonchev–Trinajstić information content (AvgIpc) is 2.33. The monoisotopic (exact) mass is 352 g/mol. The van der Waals surface area contributed by atoms with Gasteiger partial charge in [-0.25, -0.2) is 0 Å². The third-order valence-electron chi connectivity index (χ3n) is 2.37. The number of hydrogen-bond donors (Lipinski definition) is 1. The van der Waals surface area contributed by atoms with Gasteiger partial charge in [0.05, 0.1) is 17.5 Å². The van der Waals surface area contributed by atoms with Crippen molar-refractivity contribution in [2.75, 3.05) is 6.54 Å². The van der Waals surface area contributed by atoms with Gasteiger partial charge in [0, 0.05) is 0 Å². The van der Waals surface area contributed by atoms with Crippen molar-refractivity contribution in [2.45, 2.75) is 18.5 Å². The molecule has 0 aliphatic rings. The summed E-state index contributed by atoms with van der Waals surface area (Å²) in [5.41, 5.74) is -4.18. The number of amides is 1. The maximum absolute atomic E-state index is 12.5. The molecular weight excluding hydrogens is 345 g/mol. The summed E-state index contributed by atoms with van der Waals surface area (Å²) >= 11 is 0. The zero-order valence-electron chi connectivity index (χ0n) is 10.8. The fourth-order valence-electron chi connectivity index (χ4n) is 1.45. The number of rotatable bonds is 3. The standard InChI is InChI=1S/C12H7F9NO/c13-10(14,15)5-22-9(23)3-6-1-7(11(16,17)18)4-8(2-6)12(19,20)21/h1-4H,5H2,(H,22,23). The van der Waals surface area contributed by atoms with Crippen LogP contribution in [0.2, 0.25) is 0 Å². The zero-order chi connectivity index (χ0) is 18.1. The molecule has 23 heavy (non-hydrogen) atoms. The van der Waals surface area contributed by atoms with Crippen LogP contribution in [0.1, 0.15) is 16.7 Å². The van der Waals surface area contributed by atoms with Crippen molar-refractivity contribution in [3.05, 3.63) is 41.3 Å². The molecule has 0 saturated heterocycles. The van der Waals surface area contributed by atoms with E-state index in [9.17, 15) is 44.3 Å². The van der Waals surface area contributed by atoms with Crippen LogP contribution in [-0.2, 0) is 17.1 Å². The van der Waals surface area contributed by atoms with Crippen molar-refractivity contribution >= 4 is 5.91 Å². The van der Waals surface area contributed by atoms with E-state index in [4.69, 9.17) is 0 Å². The lowest BCUT2D eigenvalue weighted by Gasteiger charge is -2.14. The van der Waals surface area contributed by atoms with Gasteiger partial charge in [-0.2, -0.15) is 39.5 Å². The normalized spacial score (nSPS) is 13.1. The highest BCUT2D eigenvalue weighted by atomic mass is 19.4. The van der Waals surface area contributed by atoms with Crippen molar-refractivity contribution in [3.63, 3.8) is 0 Å². The zero-order valence-corrected chi connectivity index (χ0v) is 10.8. The van der Waals surface area contributed by atoms with E-state index in [1.165, 1.54) is 5.32 Å². The van der Waals surface area contributed by atoms with E-state index in [0.29, 0.717) is 0 Å². The van der Waals surface area contributed by atoms with Crippen molar-refractivity contribution in [1.29, 1.82) is 0 Å². The molecule has 1 N–H and O–H groups in total. The lowest BCUT2D eigenvalue weighted by molar-refractivity contribution is -0.143. The summed E-state index contributed by atoms with van der Waals surface area (Å²) in [5, 5.41) is 1.31. The Kier molecular flexibility index (Phi) is 5.22. The Morgan fingerprint density at radius 2 is 1.30 bits per heavy atom. The Morgan fingerprint density at radius 1 is 0.870 bits per heavy atom. The van der Waals surface area contributed by atoms with Crippen LogP contribution in [0.25, 0.3) is 0 Å². The van der Waals surface area contributed by atoms with Gasteiger partial charge in [0.1, 0.15) is 6.54 Å². The molecule has 129 valence electrons. The van der Waals surface area contributed by atoms with E-state index in [-0.39, 0.29) is 24.6 Å². The highest BCUT2D eigenvalue weighted by molar-refractivity contribution is 5.88. The third-order valence-corrected chi connectivity index (χ3v) is 2.37. The SMILES string of the molecule is O=C([CH]c1cc(C(F)(F)F)cc(C(F)(F)F)c1)NCC(F)(F)F. The largest absolute Gasteiger partial charge is 0.416 e. The summed E-state index contributed by atoms with van der Waals surface area (Å²) in [4.78, 5) is 11.2. The lowest BCUT2D eigenvalue weighted by atomic mass is 10.0. The Hall–Kier alpha value is -1.94. The molecule has 0 aromatic heterocycles.